The summed E-state index contributed by atoms with van der Waals surface area (Å²) in [6.45, 7) is 4.14. The minimum absolute atomic E-state index is 0.0178. The predicted octanol–water partition coefficient (Wildman–Crippen LogP) is 2.83. The van der Waals surface area contributed by atoms with Crippen molar-refractivity contribution in [3.05, 3.63) is 82.4 Å². The summed E-state index contributed by atoms with van der Waals surface area (Å²) in [6, 6.07) is 12.3. The van der Waals surface area contributed by atoms with E-state index < -0.39 is 18.0 Å². The van der Waals surface area contributed by atoms with Gasteiger partial charge in [-0.2, -0.15) is 0 Å². The Labute approximate surface area is 199 Å². The van der Waals surface area contributed by atoms with Crippen LogP contribution < -0.4 is 4.90 Å². The second-order valence-corrected chi connectivity index (χ2v) is 8.75. The van der Waals surface area contributed by atoms with E-state index in [-0.39, 0.29) is 36.9 Å². The minimum atomic E-state index is -1.21. The molecule has 1 N–H and O–H groups in total. The molecule has 2 aromatic rings. The molecule has 0 aromatic heterocycles. The average Bonchev–Trinajstić information content (AvgIpc) is 3.29. The lowest BCUT2D eigenvalue weighted by Crippen LogP contribution is -2.32. The van der Waals surface area contributed by atoms with Gasteiger partial charge in [-0.05, 0) is 24.6 Å². The van der Waals surface area contributed by atoms with Crippen molar-refractivity contribution < 1.29 is 33.8 Å². The van der Waals surface area contributed by atoms with Gasteiger partial charge in [-0.15, -0.1) is 0 Å². The maximum absolute atomic E-state index is 13.1. The van der Waals surface area contributed by atoms with E-state index in [2.05, 4.69) is 6.58 Å². The van der Waals surface area contributed by atoms with Gasteiger partial charge in [0, 0.05) is 22.1 Å². The summed E-state index contributed by atoms with van der Waals surface area (Å²) in [7, 11) is 0. The molecule has 4 rings (SSSR count). The molecule has 34 heavy (non-hydrogen) atoms. The van der Waals surface area contributed by atoms with Gasteiger partial charge >= 0.3 is 11.9 Å². The summed E-state index contributed by atoms with van der Waals surface area (Å²) in [4.78, 5) is 52.3. The molecular formula is C25H21NO7S. The molecule has 9 heteroatoms. The van der Waals surface area contributed by atoms with Crippen molar-refractivity contribution in [2.24, 2.45) is 0 Å². The molecular weight excluding hydrogens is 458 g/mol. The van der Waals surface area contributed by atoms with Gasteiger partial charge in [0.15, 0.2) is 11.6 Å². The molecule has 1 aliphatic carbocycles. The highest BCUT2D eigenvalue weighted by atomic mass is 32.2. The highest BCUT2D eigenvalue weighted by Crippen LogP contribution is 2.49. The summed E-state index contributed by atoms with van der Waals surface area (Å²) >= 11 is 1.25. The van der Waals surface area contributed by atoms with Gasteiger partial charge in [0.05, 0.1) is 10.7 Å². The van der Waals surface area contributed by atoms with E-state index in [1.807, 2.05) is 25.1 Å². The van der Waals surface area contributed by atoms with Crippen LogP contribution in [0.5, 0.6) is 0 Å². The summed E-state index contributed by atoms with van der Waals surface area (Å²) in [5, 5.41) is 10.3. The van der Waals surface area contributed by atoms with Gasteiger partial charge in [-0.3, -0.25) is 14.4 Å². The molecule has 1 unspecified atom stereocenters. The SMILES string of the molecule is C=CC(=O)OCC(O)COC(=O)CN1C(=C2C(=O)c3ccccc3C2=O)Sc2ccc(C)cc21. The molecule has 8 nitrogen and oxygen atoms in total. The third kappa shape index (κ3) is 4.52. The Balaban J connectivity index is 1.57. The fourth-order valence-corrected chi connectivity index (χ4v) is 4.81. The number of ketones is 2. The predicted molar refractivity (Wildman–Crippen MR) is 125 cm³/mol. The highest BCUT2D eigenvalue weighted by Gasteiger charge is 2.40. The van der Waals surface area contributed by atoms with E-state index in [0.717, 1.165) is 16.5 Å². The van der Waals surface area contributed by atoms with Gasteiger partial charge in [0.25, 0.3) is 0 Å². The van der Waals surface area contributed by atoms with E-state index in [1.54, 1.807) is 29.2 Å². The summed E-state index contributed by atoms with van der Waals surface area (Å²) in [6.07, 6.45) is -0.247. The number of Topliss-reactive ketones (excluding diaryl/α,β-unsaturated/α-hetero) is 2. The first-order chi connectivity index (χ1) is 16.3. The van der Waals surface area contributed by atoms with Crippen molar-refractivity contribution in [1.29, 1.82) is 0 Å². The molecule has 1 atom stereocenters. The monoisotopic (exact) mass is 479 g/mol. The number of hydrogen-bond acceptors (Lipinski definition) is 9. The van der Waals surface area contributed by atoms with Crippen LogP contribution in [0.1, 0.15) is 26.3 Å². The number of benzene rings is 2. The van der Waals surface area contributed by atoms with Crippen molar-refractivity contribution in [2.75, 3.05) is 24.7 Å². The number of esters is 2. The van der Waals surface area contributed by atoms with Crippen molar-refractivity contribution in [1.82, 2.24) is 0 Å². The fraction of sp³-hybridized carbons (Fsp3) is 0.200. The number of aliphatic hydroxyl groups is 1. The number of ether oxygens (including phenoxy) is 2. The number of allylic oxidation sites excluding steroid dienone is 1. The number of aryl methyl sites for hydroxylation is 1. The molecule has 2 aromatic carbocycles. The average molecular weight is 480 g/mol. The number of carbonyl (C=O) groups is 4. The van der Waals surface area contributed by atoms with Crippen molar-refractivity contribution in [3.63, 3.8) is 0 Å². The van der Waals surface area contributed by atoms with Gasteiger partial charge < -0.3 is 19.5 Å². The van der Waals surface area contributed by atoms with Crippen molar-refractivity contribution >= 4 is 41.0 Å². The second-order valence-electron chi connectivity index (χ2n) is 7.71. The standard InChI is InChI=1S/C25H21NO7S/c1-3-20(28)32-12-15(27)13-33-21(29)11-26-18-10-14(2)8-9-19(18)34-25(26)22-23(30)16-6-4-5-7-17(16)24(22)31/h3-10,15,27H,1,11-13H2,2H3. The zero-order valence-corrected chi connectivity index (χ0v) is 19.1. The van der Waals surface area contributed by atoms with Gasteiger partial charge in [0.2, 0.25) is 0 Å². The molecule has 1 aliphatic heterocycles. The Hall–Kier alpha value is -3.69. The van der Waals surface area contributed by atoms with Gasteiger partial charge in [0.1, 0.15) is 31.4 Å². The van der Waals surface area contributed by atoms with E-state index in [4.69, 9.17) is 9.47 Å². The minimum Gasteiger partial charge on any atom is -0.461 e. The lowest BCUT2D eigenvalue weighted by molar-refractivity contribution is -0.148. The maximum Gasteiger partial charge on any atom is 0.330 e. The van der Waals surface area contributed by atoms with E-state index >= 15 is 0 Å². The van der Waals surface area contributed by atoms with Gasteiger partial charge in [-0.1, -0.05) is 48.7 Å². The number of fused-ring (bicyclic) bond motifs is 2. The molecule has 0 amide bonds. The number of carbonyl (C=O) groups excluding carboxylic acids is 4. The summed E-state index contributed by atoms with van der Waals surface area (Å²) in [5.41, 5.74) is 2.31. The van der Waals surface area contributed by atoms with Crippen LogP contribution in [0.15, 0.2) is 70.6 Å². The van der Waals surface area contributed by atoms with Crippen LogP contribution in [0, 0.1) is 6.92 Å². The first kappa shape index (κ1) is 23.5. The maximum atomic E-state index is 13.1. The lowest BCUT2D eigenvalue weighted by atomic mass is 10.1. The smallest absolute Gasteiger partial charge is 0.330 e. The summed E-state index contributed by atoms with van der Waals surface area (Å²) in [5.74, 6) is -2.15. The van der Waals surface area contributed by atoms with Crippen LogP contribution >= 0.6 is 11.8 Å². The second kappa shape index (κ2) is 9.66. The normalized spacial score (nSPS) is 15.2. The Kier molecular flexibility index (Phi) is 6.67. The van der Waals surface area contributed by atoms with Crippen LogP contribution in [-0.2, 0) is 19.1 Å². The molecule has 1 heterocycles. The van der Waals surface area contributed by atoms with Gasteiger partial charge in [-0.25, -0.2) is 4.79 Å². The molecule has 0 fully saturated rings. The van der Waals surface area contributed by atoms with E-state index in [9.17, 15) is 24.3 Å². The number of hydrogen-bond donors (Lipinski definition) is 1. The van der Waals surface area contributed by atoms with Crippen LogP contribution in [-0.4, -0.2) is 54.5 Å². The van der Waals surface area contributed by atoms with Crippen molar-refractivity contribution in [2.45, 2.75) is 17.9 Å². The Morgan fingerprint density at radius 3 is 2.38 bits per heavy atom. The Morgan fingerprint density at radius 1 is 1.09 bits per heavy atom. The molecule has 0 bridgehead atoms. The number of rotatable bonds is 7. The van der Waals surface area contributed by atoms with Crippen LogP contribution in [0.2, 0.25) is 0 Å². The third-order valence-electron chi connectivity index (χ3n) is 5.25. The molecule has 174 valence electrons. The Morgan fingerprint density at radius 2 is 1.74 bits per heavy atom. The van der Waals surface area contributed by atoms with Crippen LogP contribution in [0.25, 0.3) is 0 Å². The molecule has 0 saturated heterocycles. The largest absolute Gasteiger partial charge is 0.461 e. The number of anilines is 1. The van der Waals surface area contributed by atoms with E-state index in [1.165, 1.54) is 11.8 Å². The quantitative estimate of drug-likeness (QED) is 0.364. The summed E-state index contributed by atoms with van der Waals surface area (Å²) < 4.78 is 9.88. The zero-order chi connectivity index (χ0) is 24.4. The molecule has 0 saturated carbocycles. The first-order valence-corrected chi connectivity index (χ1v) is 11.2. The van der Waals surface area contributed by atoms with Crippen LogP contribution in [0.3, 0.4) is 0 Å². The number of nitrogens with zero attached hydrogens (tertiary/aromatic N) is 1. The van der Waals surface area contributed by atoms with Crippen LogP contribution in [0.4, 0.5) is 5.69 Å². The zero-order valence-electron chi connectivity index (χ0n) is 18.3. The lowest BCUT2D eigenvalue weighted by Gasteiger charge is -2.21. The topological polar surface area (TPSA) is 110 Å². The molecule has 2 aliphatic rings. The highest BCUT2D eigenvalue weighted by molar-refractivity contribution is 8.03. The molecule has 0 spiro atoms. The van der Waals surface area contributed by atoms with E-state index in [0.29, 0.717) is 21.8 Å². The fourth-order valence-electron chi connectivity index (χ4n) is 3.63. The number of aliphatic hydroxyl groups excluding tert-OH is 1. The van der Waals surface area contributed by atoms with Crippen molar-refractivity contribution in [3.8, 4) is 0 Å². The number of thioether (sulfide) groups is 1. The molecule has 0 radical (unpaired) electrons. The third-order valence-corrected chi connectivity index (χ3v) is 6.43. The Bertz CT molecular complexity index is 1210. The first-order valence-electron chi connectivity index (χ1n) is 10.4.